The van der Waals surface area contributed by atoms with E-state index < -0.39 is 0 Å². The van der Waals surface area contributed by atoms with E-state index in [0.29, 0.717) is 24.5 Å². The fraction of sp³-hybridized carbons (Fsp3) is 0.158. The summed E-state index contributed by atoms with van der Waals surface area (Å²) in [5.74, 6) is -0.103. The monoisotopic (exact) mass is 352 g/mol. The summed E-state index contributed by atoms with van der Waals surface area (Å²) in [6.45, 7) is 0.609. The number of nitrogens with one attached hydrogen (secondary N) is 4. The Morgan fingerprint density at radius 3 is 2.60 bits per heavy atom. The van der Waals surface area contributed by atoms with Gasteiger partial charge in [-0.3, -0.25) is 15.6 Å². The number of hydrazine groups is 1. The second-order valence-corrected chi connectivity index (χ2v) is 6.11. The normalized spacial score (nSPS) is 10.4. The van der Waals surface area contributed by atoms with Gasteiger partial charge >= 0.3 is 0 Å². The van der Waals surface area contributed by atoms with Crippen LogP contribution < -0.4 is 16.2 Å². The van der Waals surface area contributed by atoms with Gasteiger partial charge in [0.15, 0.2) is 5.11 Å². The molecular weight excluding hydrogens is 332 g/mol. The fourth-order valence-corrected chi connectivity index (χ4v) is 2.72. The number of aromatic nitrogens is 1. The highest BCUT2D eigenvalue weighted by Gasteiger charge is 2.07. The molecule has 0 atom stereocenters. The Labute approximate surface area is 151 Å². The van der Waals surface area contributed by atoms with E-state index in [4.69, 9.17) is 12.2 Å². The molecule has 3 aromatic rings. The third kappa shape index (κ3) is 4.81. The summed E-state index contributed by atoms with van der Waals surface area (Å²) in [5, 5.41) is 4.60. The number of fused-ring (bicyclic) bond motifs is 1. The average Bonchev–Trinajstić information content (AvgIpc) is 3.07. The van der Waals surface area contributed by atoms with Crippen LogP contribution in [0.15, 0.2) is 60.8 Å². The van der Waals surface area contributed by atoms with Crippen molar-refractivity contribution in [3.05, 3.63) is 71.9 Å². The lowest BCUT2D eigenvalue weighted by atomic mass is 10.1. The molecule has 0 saturated carbocycles. The summed E-state index contributed by atoms with van der Waals surface area (Å²) in [4.78, 5) is 15.2. The van der Waals surface area contributed by atoms with E-state index in [1.165, 1.54) is 0 Å². The van der Waals surface area contributed by atoms with Crippen LogP contribution in [0.4, 0.5) is 0 Å². The number of carbonyl (C=O) groups excluding carboxylic acids is 1. The van der Waals surface area contributed by atoms with Crippen LogP contribution in [0.1, 0.15) is 17.5 Å². The van der Waals surface area contributed by atoms with Crippen LogP contribution in [0.5, 0.6) is 0 Å². The summed E-state index contributed by atoms with van der Waals surface area (Å²) in [6.07, 6.45) is 3.01. The first-order valence-electron chi connectivity index (χ1n) is 8.14. The van der Waals surface area contributed by atoms with Gasteiger partial charge < -0.3 is 10.3 Å². The van der Waals surface area contributed by atoms with Crippen LogP contribution in [0.3, 0.4) is 0 Å². The minimum absolute atomic E-state index is 0.103. The first-order valence-corrected chi connectivity index (χ1v) is 8.55. The highest BCUT2D eigenvalue weighted by molar-refractivity contribution is 7.80. The largest absolute Gasteiger partial charge is 0.361 e. The van der Waals surface area contributed by atoms with Crippen molar-refractivity contribution in [2.45, 2.75) is 19.4 Å². The Morgan fingerprint density at radius 2 is 1.76 bits per heavy atom. The van der Waals surface area contributed by atoms with Crippen molar-refractivity contribution >= 4 is 34.1 Å². The van der Waals surface area contributed by atoms with Gasteiger partial charge in [-0.25, -0.2) is 0 Å². The highest BCUT2D eigenvalue weighted by atomic mass is 32.1. The number of thiocarbonyl (C=S) groups is 1. The number of amides is 1. The number of hydrogen-bond donors (Lipinski definition) is 4. The Hall–Kier alpha value is -2.86. The zero-order valence-corrected chi connectivity index (χ0v) is 14.5. The Bertz CT molecular complexity index is 860. The highest BCUT2D eigenvalue weighted by Crippen LogP contribution is 2.18. The standard InChI is InChI=1S/C19H20N4OS/c24-18(11-10-15-13-20-17-9-5-4-8-16(15)17)22-23-19(25)21-12-14-6-2-1-3-7-14/h1-9,13,20H,10-12H2,(H,22,24)(H2,21,23,25). The first kappa shape index (κ1) is 17.0. The quantitative estimate of drug-likeness (QED) is 0.421. The number of H-pyrrole nitrogens is 1. The zero-order chi connectivity index (χ0) is 17.5. The van der Waals surface area contributed by atoms with E-state index in [9.17, 15) is 4.79 Å². The summed E-state index contributed by atoms with van der Waals surface area (Å²) < 4.78 is 0. The molecule has 1 aromatic heterocycles. The maximum absolute atomic E-state index is 12.0. The molecule has 25 heavy (non-hydrogen) atoms. The van der Waals surface area contributed by atoms with Gasteiger partial charge in [0.25, 0.3) is 0 Å². The molecule has 5 nitrogen and oxygen atoms in total. The molecule has 0 aliphatic carbocycles. The molecule has 0 radical (unpaired) electrons. The van der Waals surface area contributed by atoms with Crippen molar-refractivity contribution in [1.82, 2.24) is 21.2 Å². The second-order valence-electron chi connectivity index (χ2n) is 5.70. The van der Waals surface area contributed by atoms with E-state index in [1.807, 2.05) is 54.7 Å². The van der Waals surface area contributed by atoms with Crippen molar-refractivity contribution < 1.29 is 4.79 Å². The maximum atomic E-state index is 12.0. The molecule has 0 aliphatic heterocycles. The number of benzene rings is 2. The van der Waals surface area contributed by atoms with Crippen LogP contribution in [0.2, 0.25) is 0 Å². The van der Waals surface area contributed by atoms with Crippen molar-refractivity contribution in [2.75, 3.05) is 0 Å². The predicted octanol–water partition coefficient (Wildman–Crippen LogP) is 2.80. The molecule has 0 aliphatic rings. The van der Waals surface area contributed by atoms with Gasteiger partial charge in [0.1, 0.15) is 0 Å². The first-order chi connectivity index (χ1) is 12.2. The zero-order valence-electron chi connectivity index (χ0n) is 13.7. The topological polar surface area (TPSA) is 69.0 Å². The Morgan fingerprint density at radius 1 is 1.00 bits per heavy atom. The smallest absolute Gasteiger partial charge is 0.238 e. The van der Waals surface area contributed by atoms with Crippen molar-refractivity contribution in [1.29, 1.82) is 0 Å². The van der Waals surface area contributed by atoms with E-state index in [-0.39, 0.29) is 5.91 Å². The minimum Gasteiger partial charge on any atom is -0.361 e. The van der Waals surface area contributed by atoms with Crippen molar-refractivity contribution in [2.24, 2.45) is 0 Å². The molecule has 2 aromatic carbocycles. The molecule has 0 saturated heterocycles. The molecule has 1 heterocycles. The van der Waals surface area contributed by atoms with E-state index in [0.717, 1.165) is 22.0 Å². The average molecular weight is 352 g/mol. The third-order valence-electron chi connectivity index (χ3n) is 3.91. The fourth-order valence-electron chi connectivity index (χ4n) is 2.60. The molecule has 0 bridgehead atoms. The van der Waals surface area contributed by atoms with Crippen LogP contribution >= 0.6 is 12.2 Å². The SMILES string of the molecule is O=C(CCc1c[nH]c2ccccc12)NNC(=S)NCc1ccccc1. The van der Waals surface area contributed by atoms with Crippen LogP contribution in [-0.4, -0.2) is 16.0 Å². The lowest BCUT2D eigenvalue weighted by Gasteiger charge is -2.11. The Balaban J connectivity index is 1.40. The van der Waals surface area contributed by atoms with Crippen molar-refractivity contribution in [3.63, 3.8) is 0 Å². The van der Waals surface area contributed by atoms with Gasteiger partial charge in [0.05, 0.1) is 0 Å². The predicted molar refractivity (Wildman–Crippen MR) is 104 cm³/mol. The van der Waals surface area contributed by atoms with E-state index >= 15 is 0 Å². The Kier molecular flexibility index (Phi) is 5.64. The summed E-state index contributed by atoms with van der Waals surface area (Å²) in [5.41, 5.74) is 8.70. The molecule has 6 heteroatoms. The van der Waals surface area contributed by atoms with Gasteiger partial charge in [0.2, 0.25) is 5.91 Å². The molecule has 0 unspecified atom stereocenters. The summed E-state index contributed by atoms with van der Waals surface area (Å²) >= 11 is 5.16. The van der Waals surface area contributed by atoms with Gasteiger partial charge in [-0.2, -0.15) is 0 Å². The molecule has 1 amide bonds. The summed E-state index contributed by atoms with van der Waals surface area (Å²) in [6, 6.07) is 18.0. The molecule has 0 fully saturated rings. The molecule has 3 rings (SSSR count). The molecule has 0 spiro atoms. The van der Waals surface area contributed by atoms with Crippen LogP contribution in [-0.2, 0) is 17.8 Å². The number of para-hydroxylation sites is 1. The number of hydrogen-bond acceptors (Lipinski definition) is 2. The van der Waals surface area contributed by atoms with Gasteiger partial charge in [-0.1, -0.05) is 48.5 Å². The molecule has 128 valence electrons. The number of aryl methyl sites for hydroxylation is 1. The molecule has 4 N–H and O–H groups in total. The third-order valence-corrected chi connectivity index (χ3v) is 4.15. The number of aromatic amines is 1. The van der Waals surface area contributed by atoms with Gasteiger partial charge in [-0.15, -0.1) is 0 Å². The lowest BCUT2D eigenvalue weighted by molar-refractivity contribution is -0.121. The van der Waals surface area contributed by atoms with E-state index in [1.54, 1.807) is 0 Å². The summed E-state index contributed by atoms with van der Waals surface area (Å²) in [7, 11) is 0. The number of rotatable bonds is 5. The second kappa shape index (κ2) is 8.30. The van der Waals surface area contributed by atoms with Crippen LogP contribution in [0.25, 0.3) is 10.9 Å². The number of carbonyl (C=O) groups is 1. The van der Waals surface area contributed by atoms with Crippen LogP contribution in [0, 0.1) is 0 Å². The maximum Gasteiger partial charge on any atom is 0.238 e. The van der Waals surface area contributed by atoms with Gasteiger partial charge in [-0.05, 0) is 35.8 Å². The van der Waals surface area contributed by atoms with Crippen molar-refractivity contribution in [3.8, 4) is 0 Å². The van der Waals surface area contributed by atoms with Gasteiger partial charge in [0, 0.05) is 30.1 Å². The lowest BCUT2D eigenvalue weighted by Crippen LogP contribution is -2.46. The van der Waals surface area contributed by atoms with E-state index in [2.05, 4.69) is 27.2 Å². The molecular formula is C19H20N4OS. The minimum atomic E-state index is -0.103.